The third-order valence-corrected chi connectivity index (χ3v) is 3.98. The van der Waals surface area contributed by atoms with E-state index < -0.39 is 0 Å². The van der Waals surface area contributed by atoms with Crippen molar-refractivity contribution in [3.8, 4) is 0 Å². The Hall–Kier alpha value is -1.52. The maximum Gasteiger partial charge on any atom is 0.259 e. The van der Waals surface area contributed by atoms with Gasteiger partial charge in [0.15, 0.2) is 0 Å². The van der Waals surface area contributed by atoms with Crippen molar-refractivity contribution in [1.29, 1.82) is 0 Å². The van der Waals surface area contributed by atoms with Crippen LogP contribution in [0.2, 0.25) is 0 Å². The molecule has 0 unspecified atom stereocenters. The lowest BCUT2D eigenvalue weighted by atomic mass is 9.86. The third-order valence-electron chi connectivity index (χ3n) is 3.98. The van der Waals surface area contributed by atoms with Crippen LogP contribution in [0, 0.1) is 11.8 Å². The molecule has 18 heavy (non-hydrogen) atoms. The zero-order valence-electron chi connectivity index (χ0n) is 11.4. The van der Waals surface area contributed by atoms with E-state index in [1.54, 1.807) is 13.2 Å². The number of rotatable bonds is 2. The number of hydrogen-bond donors (Lipinski definition) is 1. The molecule has 1 amide bonds. The minimum absolute atomic E-state index is 0.0165. The van der Waals surface area contributed by atoms with Gasteiger partial charge in [0.05, 0.1) is 6.20 Å². The molecule has 0 aromatic carbocycles. The number of hydrogen-bond acceptors (Lipinski definition) is 3. The molecule has 2 N–H and O–H groups in total. The Kier molecular flexibility index (Phi) is 3.59. The maximum absolute atomic E-state index is 12.3. The van der Waals surface area contributed by atoms with Gasteiger partial charge in [0, 0.05) is 20.1 Å². The monoisotopic (exact) mass is 250 g/mol. The van der Waals surface area contributed by atoms with E-state index in [1.807, 2.05) is 4.90 Å². The Morgan fingerprint density at radius 1 is 1.44 bits per heavy atom. The van der Waals surface area contributed by atoms with Gasteiger partial charge in [-0.1, -0.05) is 13.8 Å². The number of aromatic nitrogens is 2. The molecule has 2 heterocycles. The second-order valence-corrected chi connectivity index (χ2v) is 5.44. The van der Waals surface area contributed by atoms with Gasteiger partial charge in [0.2, 0.25) is 0 Å². The summed E-state index contributed by atoms with van der Waals surface area (Å²) >= 11 is 0. The molecule has 1 aromatic heterocycles. The molecule has 2 rings (SSSR count). The number of amides is 1. The van der Waals surface area contributed by atoms with Gasteiger partial charge < -0.3 is 10.6 Å². The zero-order valence-corrected chi connectivity index (χ0v) is 11.4. The normalized spacial score (nSPS) is 17.4. The first-order valence-corrected chi connectivity index (χ1v) is 6.57. The van der Waals surface area contributed by atoms with Crippen LogP contribution in [0.3, 0.4) is 0 Å². The smallest absolute Gasteiger partial charge is 0.259 e. The Labute approximate surface area is 108 Å². The summed E-state index contributed by atoms with van der Waals surface area (Å²) in [6.45, 7) is 6.16. The van der Waals surface area contributed by atoms with E-state index in [0.717, 1.165) is 31.8 Å². The number of nitrogens with zero attached hydrogens (tertiary/aromatic N) is 3. The van der Waals surface area contributed by atoms with Crippen LogP contribution in [0.5, 0.6) is 0 Å². The van der Waals surface area contributed by atoms with Gasteiger partial charge in [-0.15, -0.1) is 0 Å². The average Bonchev–Trinajstić information content (AvgIpc) is 2.69. The van der Waals surface area contributed by atoms with Gasteiger partial charge in [-0.3, -0.25) is 9.48 Å². The van der Waals surface area contributed by atoms with E-state index in [0.29, 0.717) is 17.3 Å². The number of nitrogen functional groups attached to an aromatic ring is 1. The molecule has 100 valence electrons. The molecular formula is C13H22N4O. The number of aryl methyl sites for hydroxylation is 1. The third kappa shape index (κ3) is 2.35. The molecule has 0 aliphatic carbocycles. The SMILES string of the molecule is CC(C)C1CCN(C(=O)c2cnn(C)c2N)CC1. The van der Waals surface area contributed by atoms with Crippen LogP contribution in [0.25, 0.3) is 0 Å². The molecule has 5 nitrogen and oxygen atoms in total. The van der Waals surface area contributed by atoms with E-state index >= 15 is 0 Å². The molecule has 0 spiro atoms. The molecule has 0 radical (unpaired) electrons. The van der Waals surface area contributed by atoms with Crippen LogP contribution < -0.4 is 5.73 Å². The number of nitrogens with two attached hydrogens (primary N) is 1. The largest absolute Gasteiger partial charge is 0.383 e. The van der Waals surface area contributed by atoms with Gasteiger partial charge in [0.25, 0.3) is 5.91 Å². The van der Waals surface area contributed by atoms with E-state index in [-0.39, 0.29) is 5.91 Å². The molecule has 0 atom stereocenters. The number of carbonyl (C=O) groups excluding carboxylic acids is 1. The van der Waals surface area contributed by atoms with Crippen molar-refractivity contribution in [1.82, 2.24) is 14.7 Å². The Balaban J connectivity index is 2.02. The summed E-state index contributed by atoms with van der Waals surface area (Å²) in [6, 6.07) is 0. The summed E-state index contributed by atoms with van der Waals surface area (Å²) in [4.78, 5) is 14.2. The van der Waals surface area contributed by atoms with Crippen molar-refractivity contribution in [3.63, 3.8) is 0 Å². The minimum Gasteiger partial charge on any atom is -0.383 e. The van der Waals surface area contributed by atoms with Gasteiger partial charge >= 0.3 is 0 Å². The fourth-order valence-corrected chi connectivity index (χ4v) is 2.55. The molecule has 1 fully saturated rings. The first-order chi connectivity index (χ1) is 8.50. The van der Waals surface area contributed by atoms with E-state index in [1.165, 1.54) is 4.68 Å². The Bertz CT molecular complexity index is 430. The molecule has 0 bridgehead atoms. The van der Waals surface area contributed by atoms with Crippen LogP contribution in [0.4, 0.5) is 5.82 Å². The van der Waals surface area contributed by atoms with Gasteiger partial charge in [-0.2, -0.15) is 5.10 Å². The summed E-state index contributed by atoms with van der Waals surface area (Å²) < 4.78 is 1.54. The van der Waals surface area contributed by atoms with Gasteiger partial charge in [-0.25, -0.2) is 0 Å². The lowest BCUT2D eigenvalue weighted by Crippen LogP contribution is -2.39. The summed E-state index contributed by atoms with van der Waals surface area (Å²) in [5, 5.41) is 4.02. The second kappa shape index (κ2) is 5.00. The molecule has 1 aliphatic heterocycles. The molecule has 1 saturated heterocycles. The summed E-state index contributed by atoms with van der Waals surface area (Å²) in [5.41, 5.74) is 6.37. The fraction of sp³-hybridized carbons (Fsp3) is 0.692. The van der Waals surface area contributed by atoms with Crippen LogP contribution in [-0.2, 0) is 7.05 Å². The Morgan fingerprint density at radius 3 is 2.50 bits per heavy atom. The van der Waals surface area contributed by atoms with Crippen LogP contribution >= 0.6 is 0 Å². The van der Waals surface area contributed by atoms with Crippen molar-refractivity contribution >= 4 is 11.7 Å². The first kappa shape index (κ1) is 12.9. The highest BCUT2D eigenvalue weighted by atomic mass is 16.2. The standard InChI is InChI=1S/C13H22N4O/c1-9(2)10-4-6-17(7-5-10)13(18)11-8-15-16(3)12(11)14/h8-10H,4-7,14H2,1-3H3. The molecule has 1 aromatic rings. The van der Waals surface area contributed by atoms with Gasteiger partial charge in [-0.05, 0) is 24.7 Å². The predicted molar refractivity (Wildman–Crippen MR) is 71.1 cm³/mol. The first-order valence-electron chi connectivity index (χ1n) is 6.57. The predicted octanol–water partition coefficient (Wildman–Crippen LogP) is 1.51. The maximum atomic E-state index is 12.3. The minimum atomic E-state index is 0.0165. The highest BCUT2D eigenvalue weighted by Crippen LogP contribution is 2.25. The molecule has 5 heteroatoms. The van der Waals surface area contributed by atoms with Crippen LogP contribution in [0.1, 0.15) is 37.0 Å². The van der Waals surface area contributed by atoms with Gasteiger partial charge in [0.1, 0.15) is 11.4 Å². The average molecular weight is 250 g/mol. The van der Waals surface area contributed by atoms with Crippen molar-refractivity contribution in [2.24, 2.45) is 18.9 Å². The summed E-state index contributed by atoms with van der Waals surface area (Å²) in [7, 11) is 1.75. The molecular weight excluding hydrogens is 228 g/mol. The van der Waals surface area contributed by atoms with Crippen molar-refractivity contribution in [2.45, 2.75) is 26.7 Å². The lowest BCUT2D eigenvalue weighted by Gasteiger charge is -2.33. The van der Waals surface area contributed by atoms with E-state index in [2.05, 4.69) is 18.9 Å². The fourth-order valence-electron chi connectivity index (χ4n) is 2.55. The van der Waals surface area contributed by atoms with Crippen LogP contribution in [0.15, 0.2) is 6.20 Å². The second-order valence-electron chi connectivity index (χ2n) is 5.44. The van der Waals surface area contributed by atoms with E-state index in [4.69, 9.17) is 5.73 Å². The number of anilines is 1. The number of likely N-dealkylation sites (tertiary alicyclic amines) is 1. The highest BCUT2D eigenvalue weighted by molar-refractivity contribution is 5.98. The molecule has 0 saturated carbocycles. The topological polar surface area (TPSA) is 64.2 Å². The highest BCUT2D eigenvalue weighted by Gasteiger charge is 2.27. The van der Waals surface area contributed by atoms with Crippen LogP contribution in [-0.4, -0.2) is 33.7 Å². The summed E-state index contributed by atoms with van der Waals surface area (Å²) in [5.74, 6) is 1.90. The van der Waals surface area contributed by atoms with Crippen molar-refractivity contribution in [3.05, 3.63) is 11.8 Å². The lowest BCUT2D eigenvalue weighted by molar-refractivity contribution is 0.0668. The van der Waals surface area contributed by atoms with Crippen molar-refractivity contribution < 1.29 is 4.79 Å². The number of carbonyl (C=O) groups is 1. The van der Waals surface area contributed by atoms with E-state index in [9.17, 15) is 4.79 Å². The van der Waals surface area contributed by atoms with Crippen molar-refractivity contribution in [2.75, 3.05) is 18.8 Å². The molecule has 1 aliphatic rings. The zero-order chi connectivity index (χ0) is 13.3. The Morgan fingerprint density at radius 2 is 2.06 bits per heavy atom. The quantitative estimate of drug-likeness (QED) is 0.865. The summed E-state index contributed by atoms with van der Waals surface area (Å²) in [6.07, 6.45) is 3.74. The number of piperidine rings is 1.